The van der Waals surface area contributed by atoms with Crippen molar-refractivity contribution in [3.05, 3.63) is 51.7 Å². The third kappa shape index (κ3) is 4.45. The monoisotopic (exact) mass is 466 g/mol. The third-order valence-corrected chi connectivity index (χ3v) is 5.30. The Morgan fingerprint density at radius 3 is 2.55 bits per heavy atom. The minimum atomic E-state index is -1.05. The molecule has 2 amide bonds. The molecule has 1 heterocycles. The zero-order valence-electron chi connectivity index (χ0n) is 15.9. The second kappa shape index (κ2) is 8.69. The average Bonchev–Trinajstić information content (AvgIpc) is 2.68. The number of methoxy groups -OCH3 is 2. The van der Waals surface area contributed by atoms with Crippen LogP contribution in [0.5, 0.6) is 11.5 Å². The van der Waals surface area contributed by atoms with Crippen LogP contribution in [0.25, 0.3) is 0 Å². The van der Waals surface area contributed by atoms with Gasteiger partial charge in [-0.1, -0.05) is 15.9 Å². The Kier molecular flexibility index (Phi) is 6.26. The number of ether oxygens (including phenoxy) is 2. The molecule has 0 fully saturated rings. The highest BCUT2D eigenvalue weighted by Gasteiger charge is 2.34. The highest BCUT2D eigenvalue weighted by molar-refractivity contribution is 9.10. The van der Waals surface area contributed by atoms with E-state index >= 15 is 0 Å². The zero-order valence-corrected chi connectivity index (χ0v) is 17.5. The normalized spacial score (nSPS) is 15.4. The van der Waals surface area contributed by atoms with Crippen LogP contribution < -0.4 is 14.8 Å². The number of anilines is 1. The Labute approximate surface area is 175 Å². The van der Waals surface area contributed by atoms with Gasteiger partial charge in [-0.15, -0.1) is 0 Å². The first kappa shape index (κ1) is 20.9. The smallest absolute Gasteiger partial charge is 0.322 e. The molecule has 0 saturated carbocycles. The summed E-state index contributed by atoms with van der Waals surface area (Å²) < 4.78 is 25.3. The fourth-order valence-corrected chi connectivity index (χ4v) is 3.77. The molecule has 1 atom stereocenters. The molecule has 154 valence electrons. The van der Waals surface area contributed by atoms with Gasteiger partial charge >= 0.3 is 12.0 Å². The molecule has 1 aliphatic heterocycles. The first-order valence-electron chi connectivity index (χ1n) is 8.83. The van der Waals surface area contributed by atoms with E-state index in [-0.39, 0.29) is 18.7 Å². The van der Waals surface area contributed by atoms with Gasteiger partial charge in [0.05, 0.1) is 32.4 Å². The summed E-state index contributed by atoms with van der Waals surface area (Å²) in [5, 5.41) is 11.9. The van der Waals surface area contributed by atoms with Crippen LogP contribution in [0.4, 0.5) is 14.9 Å². The average molecular weight is 467 g/mol. The Hall–Kier alpha value is -2.81. The third-order valence-electron chi connectivity index (χ3n) is 4.80. The van der Waals surface area contributed by atoms with Crippen molar-refractivity contribution in [2.45, 2.75) is 18.9 Å². The molecule has 1 aliphatic rings. The molecule has 0 spiro atoms. The van der Waals surface area contributed by atoms with Gasteiger partial charge in [0, 0.05) is 11.0 Å². The van der Waals surface area contributed by atoms with Gasteiger partial charge in [0.25, 0.3) is 0 Å². The number of carbonyl (C=O) groups excluding carboxylic acids is 1. The fourth-order valence-electron chi connectivity index (χ4n) is 3.43. The van der Waals surface area contributed by atoms with E-state index in [9.17, 15) is 19.1 Å². The maximum absolute atomic E-state index is 14.1. The van der Waals surface area contributed by atoms with Crippen molar-refractivity contribution in [1.82, 2.24) is 4.90 Å². The number of fused-ring (bicyclic) bond motifs is 1. The number of carbonyl (C=O) groups is 2. The van der Waals surface area contributed by atoms with Gasteiger partial charge < -0.3 is 24.8 Å². The van der Waals surface area contributed by atoms with Crippen molar-refractivity contribution in [1.29, 1.82) is 0 Å². The molecule has 29 heavy (non-hydrogen) atoms. The lowest BCUT2D eigenvalue weighted by atomic mass is 9.90. The van der Waals surface area contributed by atoms with Crippen LogP contribution in [0.3, 0.4) is 0 Å². The van der Waals surface area contributed by atoms with Crippen LogP contribution in [-0.2, 0) is 11.2 Å². The molecule has 2 aromatic carbocycles. The van der Waals surface area contributed by atoms with Crippen molar-refractivity contribution in [2.24, 2.45) is 0 Å². The van der Waals surface area contributed by atoms with Gasteiger partial charge in [0.1, 0.15) is 5.82 Å². The number of carboxylic acids is 1. The Bertz CT molecular complexity index is 953. The molecular formula is C20H20BrFN2O5. The Morgan fingerprint density at radius 1 is 1.24 bits per heavy atom. The molecule has 0 unspecified atom stereocenters. The lowest BCUT2D eigenvalue weighted by molar-refractivity contribution is -0.138. The molecular weight excluding hydrogens is 447 g/mol. The van der Waals surface area contributed by atoms with Crippen molar-refractivity contribution in [3.63, 3.8) is 0 Å². The molecule has 3 rings (SSSR count). The van der Waals surface area contributed by atoms with Crippen molar-refractivity contribution >= 4 is 33.6 Å². The van der Waals surface area contributed by atoms with Gasteiger partial charge in [-0.25, -0.2) is 9.18 Å². The molecule has 0 aliphatic carbocycles. The number of amides is 2. The second-order valence-electron chi connectivity index (χ2n) is 6.52. The summed E-state index contributed by atoms with van der Waals surface area (Å²) in [5.41, 5.74) is 1.57. The van der Waals surface area contributed by atoms with Crippen LogP contribution in [0.15, 0.2) is 34.8 Å². The van der Waals surface area contributed by atoms with E-state index in [1.165, 1.54) is 31.3 Å². The van der Waals surface area contributed by atoms with E-state index in [4.69, 9.17) is 9.47 Å². The van der Waals surface area contributed by atoms with Crippen molar-refractivity contribution in [3.8, 4) is 11.5 Å². The van der Waals surface area contributed by atoms with Gasteiger partial charge in [-0.05, 0) is 47.9 Å². The Balaban J connectivity index is 1.94. The van der Waals surface area contributed by atoms with Crippen LogP contribution in [0.1, 0.15) is 23.6 Å². The standard InChI is InChI=1S/C20H20BrFN2O5/c1-28-17-7-11-5-6-24(16(10-19(25)26)13(11)9-18(17)29-2)20(27)23-15-4-3-12(21)8-14(15)22/h3-4,7-9,16H,5-6,10H2,1-2H3,(H,23,27)(H,25,26)/t16-/m1/s1. The van der Waals surface area contributed by atoms with E-state index < -0.39 is 23.9 Å². The number of urea groups is 1. The van der Waals surface area contributed by atoms with Gasteiger partial charge in [0.2, 0.25) is 0 Å². The predicted octanol–water partition coefficient (Wildman–Crippen LogP) is 4.21. The van der Waals surface area contributed by atoms with Gasteiger partial charge in [0.15, 0.2) is 11.5 Å². The summed E-state index contributed by atoms with van der Waals surface area (Å²) >= 11 is 3.17. The minimum absolute atomic E-state index is 0.0189. The number of nitrogens with one attached hydrogen (secondary N) is 1. The first-order chi connectivity index (χ1) is 13.8. The van der Waals surface area contributed by atoms with Crippen LogP contribution in [0, 0.1) is 5.82 Å². The molecule has 2 N–H and O–H groups in total. The maximum Gasteiger partial charge on any atom is 0.322 e. The molecule has 0 saturated heterocycles. The number of aliphatic carboxylic acids is 1. The predicted molar refractivity (Wildman–Crippen MR) is 108 cm³/mol. The SMILES string of the molecule is COc1cc2c(cc1OC)[C@@H](CC(=O)O)N(C(=O)Nc1ccc(Br)cc1F)CC2. The highest BCUT2D eigenvalue weighted by atomic mass is 79.9. The number of hydrogen-bond donors (Lipinski definition) is 2. The molecule has 0 radical (unpaired) electrons. The van der Waals surface area contributed by atoms with Crippen LogP contribution in [0.2, 0.25) is 0 Å². The van der Waals surface area contributed by atoms with E-state index in [0.29, 0.717) is 28.0 Å². The van der Waals surface area contributed by atoms with E-state index in [1.807, 2.05) is 0 Å². The molecule has 0 aromatic heterocycles. The molecule has 7 nitrogen and oxygen atoms in total. The van der Waals surface area contributed by atoms with Crippen LogP contribution >= 0.6 is 15.9 Å². The summed E-state index contributed by atoms with van der Waals surface area (Å²) in [5.74, 6) is -0.658. The minimum Gasteiger partial charge on any atom is -0.493 e. The summed E-state index contributed by atoms with van der Waals surface area (Å²) in [6, 6.07) is 6.49. The number of halogens is 2. The molecule has 2 aromatic rings. The first-order valence-corrected chi connectivity index (χ1v) is 9.62. The lowest BCUT2D eigenvalue weighted by Gasteiger charge is -2.37. The molecule has 9 heteroatoms. The number of carboxylic acid groups (broad SMARTS) is 1. The number of rotatable bonds is 5. The van der Waals surface area contributed by atoms with E-state index in [0.717, 1.165) is 5.56 Å². The van der Waals surface area contributed by atoms with Gasteiger partial charge in [-0.3, -0.25) is 4.79 Å². The topological polar surface area (TPSA) is 88.1 Å². The lowest BCUT2D eigenvalue weighted by Crippen LogP contribution is -2.43. The number of hydrogen-bond acceptors (Lipinski definition) is 4. The quantitative estimate of drug-likeness (QED) is 0.688. The van der Waals surface area contributed by atoms with Crippen LogP contribution in [-0.4, -0.2) is 42.8 Å². The number of benzene rings is 2. The largest absolute Gasteiger partial charge is 0.493 e. The summed E-state index contributed by atoms with van der Waals surface area (Å²) in [6.45, 7) is 0.282. The summed E-state index contributed by atoms with van der Waals surface area (Å²) in [6.07, 6.45) is 0.209. The maximum atomic E-state index is 14.1. The Morgan fingerprint density at radius 2 is 1.93 bits per heavy atom. The van der Waals surface area contributed by atoms with Crippen molar-refractivity contribution in [2.75, 3.05) is 26.1 Å². The highest BCUT2D eigenvalue weighted by Crippen LogP contribution is 2.39. The number of nitrogens with zero attached hydrogens (tertiary/aromatic N) is 1. The summed E-state index contributed by atoms with van der Waals surface area (Å²) in [4.78, 5) is 25.8. The van der Waals surface area contributed by atoms with Gasteiger partial charge in [-0.2, -0.15) is 0 Å². The second-order valence-corrected chi connectivity index (χ2v) is 7.43. The zero-order chi connectivity index (χ0) is 21.1. The van der Waals surface area contributed by atoms with E-state index in [1.54, 1.807) is 18.2 Å². The summed E-state index contributed by atoms with van der Waals surface area (Å²) in [7, 11) is 3.01. The van der Waals surface area contributed by atoms with E-state index in [2.05, 4.69) is 21.2 Å². The van der Waals surface area contributed by atoms with Crippen molar-refractivity contribution < 1.29 is 28.6 Å². The fraction of sp³-hybridized carbons (Fsp3) is 0.300. The molecule has 0 bridgehead atoms.